The van der Waals surface area contributed by atoms with Gasteiger partial charge in [0.05, 0.1) is 29.4 Å². The van der Waals surface area contributed by atoms with Gasteiger partial charge in [0.15, 0.2) is 12.2 Å². The molecule has 0 saturated carbocycles. The first-order valence-corrected chi connectivity index (χ1v) is 16.4. The topological polar surface area (TPSA) is 88.9 Å². The van der Waals surface area contributed by atoms with E-state index in [1.165, 1.54) is 17.5 Å². The van der Waals surface area contributed by atoms with E-state index in [1.54, 1.807) is 6.20 Å². The van der Waals surface area contributed by atoms with Gasteiger partial charge >= 0.3 is 0 Å². The molecule has 1 aliphatic rings. The molecule has 0 radical (unpaired) electrons. The number of rotatable bonds is 8. The SMILES string of the molecule is C[Si](C)(C)CCOCn1nc(-c2cnco2)c2cc(NC3CCCCc4cc(C#N)ccc43)ccc21. The van der Waals surface area contributed by atoms with Gasteiger partial charge in [-0.2, -0.15) is 10.4 Å². The highest BCUT2D eigenvalue weighted by atomic mass is 28.3. The Hall–Kier alpha value is -3.41. The van der Waals surface area contributed by atoms with Gasteiger partial charge in [-0.25, -0.2) is 9.67 Å². The quantitative estimate of drug-likeness (QED) is 0.164. The van der Waals surface area contributed by atoms with Crippen molar-refractivity contribution in [1.82, 2.24) is 14.8 Å². The molecule has 0 aliphatic heterocycles. The van der Waals surface area contributed by atoms with Crippen LogP contribution in [0.3, 0.4) is 0 Å². The third-order valence-electron chi connectivity index (χ3n) is 6.80. The standard InChI is InChI=1S/C28H33N5O2Si/c1-36(2,3)13-12-34-19-33-26-11-9-22(15-24(26)28(32-33)27-17-30-18-35-27)31-25-7-5-4-6-21-14-20(16-29)8-10-23(21)25/h8-11,14-15,17-18,25,31H,4-7,12-13,19H2,1-3H3. The Labute approximate surface area is 213 Å². The number of nitrogens with one attached hydrogen (secondary N) is 1. The van der Waals surface area contributed by atoms with E-state index in [0.717, 1.165) is 66.2 Å². The summed E-state index contributed by atoms with van der Waals surface area (Å²) in [4.78, 5) is 4.10. The number of oxazole rings is 1. The van der Waals surface area contributed by atoms with Crippen LogP contribution < -0.4 is 5.32 Å². The maximum absolute atomic E-state index is 9.33. The van der Waals surface area contributed by atoms with E-state index in [2.05, 4.69) is 60.3 Å². The van der Waals surface area contributed by atoms with Gasteiger partial charge in [0.2, 0.25) is 0 Å². The molecular weight excluding hydrogens is 466 g/mol. The van der Waals surface area contributed by atoms with Gasteiger partial charge < -0.3 is 14.5 Å². The lowest BCUT2D eigenvalue weighted by atomic mass is 9.96. The third-order valence-corrected chi connectivity index (χ3v) is 8.51. The van der Waals surface area contributed by atoms with E-state index in [-0.39, 0.29) is 6.04 Å². The molecule has 4 aromatic rings. The predicted octanol–water partition coefficient (Wildman–Crippen LogP) is 6.75. The molecule has 186 valence electrons. The van der Waals surface area contributed by atoms with Crippen LogP contribution in [0.5, 0.6) is 0 Å². The lowest BCUT2D eigenvalue weighted by Gasteiger charge is -2.21. The van der Waals surface area contributed by atoms with Crippen molar-refractivity contribution in [2.75, 3.05) is 11.9 Å². The average Bonchev–Trinajstić information content (AvgIpc) is 3.46. The Kier molecular flexibility index (Phi) is 6.94. The minimum atomic E-state index is -1.15. The molecule has 0 spiro atoms. The summed E-state index contributed by atoms with van der Waals surface area (Å²) in [5.74, 6) is 0.641. The largest absolute Gasteiger partial charge is 0.442 e. The summed E-state index contributed by atoms with van der Waals surface area (Å²) in [6.45, 7) is 8.20. The summed E-state index contributed by atoms with van der Waals surface area (Å²) in [5.41, 5.74) is 6.08. The van der Waals surface area contributed by atoms with Crippen LogP contribution in [0.2, 0.25) is 25.7 Å². The fourth-order valence-electron chi connectivity index (χ4n) is 4.81. The van der Waals surface area contributed by atoms with Crippen molar-refractivity contribution >= 4 is 24.7 Å². The Bertz CT molecular complexity index is 1380. The Morgan fingerprint density at radius 1 is 1.19 bits per heavy atom. The van der Waals surface area contributed by atoms with Gasteiger partial charge in [0, 0.05) is 25.8 Å². The van der Waals surface area contributed by atoms with Crippen LogP contribution in [0.4, 0.5) is 5.69 Å². The van der Waals surface area contributed by atoms with Crippen molar-refractivity contribution in [2.24, 2.45) is 0 Å². The molecule has 2 aromatic carbocycles. The maximum atomic E-state index is 9.33. The number of ether oxygens (including phenoxy) is 1. The lowest BCUT2D eigenvalue weighted by Crippen LogP contribution is -2.22. The first-order chi connectivity index (χ1) is 17.4. The highest BCUT2D eigenvalue weighted by molar-refractivity contribution is 6.76. The minimum absolute atomic E-state index is 0.196. The minimum Gasteiger partial charge on any atom is -0.442 e. The van der Waals surface area contributed by atoms with Crippen LogP contribution in [0.1, 0.15) is 42.0 Å². The number of anilines is 1. The van der Waals surface area contributed by atoms with E-state index < -0.39 is 8.07 Å². The summed E-state index contributed by atoms with van der Waals surface area (Å²) in [7, 11) is -1.15. The van der Waals surface area contributed by atoms with Gasteiger partial charge in [0.25, 0.3) is 0 Å². The first kappa shape index (κ1) is 24.3. The zero-order valence-electron chi connectivity index (χ0n) is 21.3. The van der Waals surface area contributed by atoms with E-state index in [9.17, 15) is 5.26 Å². The molecule has 1 N–H and O–H groups in total. The molecule has 2 aromatic heterocycles. The summed E-state index contributed by atoms with van der Waals surface area (Å²) >= 11 is 0. The predicted molar refractivity (Wildman–Crippen MR) is 144 cm³/mol. The highest BCUT2D eigenvalue weighted by Gasteiger charge is 2.21. The molecule has 0 bridgehead atoms. The number of nitrogens with zero attached hydrogens (tertiary/aromatic N) is 4. The number of hydrogen-bond donors (Lipinski definition) is 1. The van der Waals surface area contributed by atoms with Gasteiger partial charge in [-0.3, -0.25) is 0 Å². The average molecular weight is 500 g/mol. The van der Waals surface area contributed by atoms with Crippen LogP contribution in [-0.4, -0.2) is 29.4 Å². The number of fused-ring (bicyclic) bond motifs is 2. The van der Waals surface area contributed by atoms with Crippen LogP contribution in [0.25, 0.3) is 22.4 Å². The summed E-state index contributed by atoms with van der Waals surface area (Å²) in [6, 6.07) is 16.0. The second-order valence-corrected chi connectivity index (χ2v) is 16.4. The molecule has 1 atom stereocenters. The normalized spacial score (nSPS) is 15.9. The van der Waals surface area contributed by atoms with E-state index in [4.69, 9.17) is 14.3 Å². The number of aromatic nitrogens is 3. The summed E-state index contributed by atoms with van der Waals surface area (Å²) in [6.07, 6.45) is 7.49. The number of benzene rings is 2. The van der Waals surface area contributed by atoms with Crippen molar-refractivity contribution in [1.29, 1.82) is 5.26 Å². The number of nitriles is 1. The van der Waals surface area contributed by atoms with Crippen LogP contribution in [0, 0.1) is 11.3 Å². The molecule has 2 heterocycles. The van der Waals surface area contributed by atoms with E-state index in [0.29, 0.717) is 12.5 Å². The van der Waals surface area contributed by atoms with Crippen LogP contribution >= 0.6 is 0 Å². The summed E-state index contributed by atoms with van der Waals surface area (Å²) in [5, 5.41) is 18.9. The van der Waals surface area contributed by atoms with Crippen molar-refractivity contribution in [3.05, 3.63) is 65.7 Å². The molecule has 5 rings (SSSR count). The fourth-order valence-corrected chi connectivity index (χ4v) is 5.57. The lowest BCUT2D eigenvalue weighted by molar-refractivity contribution is 0.0818. The fraction of sp³-hybridized carbons (Fsp3) is 0.393. The second kappa shape index (κ2) is 10.3. The highest BCUT2D eigenvalue weighted by Crippen LogP contribution is 2.35. The molecule has 0 amide bonds. The first-order valence-electron chi connectivity index (χ1n) is 12.7. The van der Waals surface area contributed by atoms with Gasteiger partial charge in [-0.15, -0.1) is 0 Å². The Morgan fingerprint density at radius 2 is 2.08 bits per heavy atom. The molecule has 1 unspecified atom stereocenters. The van der Waals surface area contributed by atoms with Crippen molar-refractivity contribution < 1.29 is 9.15 Å². The molecule has 1 aliphatic carbocycles. The summed E-state index contributed by atoms with van der Waals surface area (Å²) < 4.78 is 13.5. The maximum Gasteiger partial charge on any atom is 0.181 e. The molecule has 36 heavy (non-hydrogen) atoms. The second-order valence-electron chi connectivity index (χ2n) is 10.8. The van der Waals surface area contributed by atoms with E-state index in [1.807, 2.05) is 16.8 Å². The monoisotopic (exact) mass is 499 g/mol. The van der Waals surface area contributed by atoms with Gasteiger partial charge in [-0.05, 0) is 66.8 Å². The smallest absolute Gasteiger partial charge is 0.181 e. The van der Waals surface area contributed by atoms with Gasteiger partial charge in [0.1, 0.15) is 12.4 Å². The van der Waals surface area contributed by atoms with Crippen LogP contribution in [0.15, 0.2) is 53.4 Å². The van der Waals surface area contributed by atoms with Crippen LogP contribution in [-0.2, 0) is 17.9 Å². The van der Waals surface area contributed by atoms with E-state index >= 15 is 0 Å². The molecule has 0 saturated heterocycles. The molecular formula is C28H33N5O2Si. The van der Waals surface area contributed by atoms with Crippen molar-refractivity contribution in [2.45, 2.75) is 64.1 Å². The molecule has 0 fully saturated rings. The molecule has 8 heteroatoms. The zero-order valence-corrected chi connectivity index (χ0v) is 22.3. The Balaban J connectivity index is 1.44. The Morgan fingerprint density at radius 3 is 2.86 bits per heavy atom. The third kappa shape index (κ3) is 5.37. The van der Waals surface area contributed by atoms with Crippen molar-refractivity contribution in [3.63, 3.8) is 0 Å². The number of aryl methyl sites for hydroxylation is 1. The number of hydrogen-bond acceptors (Lipinski definition) is 6. The molecule has 7 nitrogen and oxygen atoms in total. The van der Waals surface area contributed by atoms with Crippen molar-refractivity contribution in [3.8, 4) is 17.5 Å². The zero-order chi connectivity index (χ0) is 25.1. The van der Waals surface area contributed by atoms with Gasteiger partial charge in [-0.1, -0.05) is 32.1 Å².